The van der Waals surface area contributed by atoms with Gasteiger partial charge in [-0.3, -0.25) is 4.98 Å². The van der Waals surface area contributed by atoms with Crippen LogP contribution in [0.3, 0.4) is 0 Å². The van der Waals surface area contributed by atoms with Crippen LogP contribution < -0.4 is 0 Å². The molecule has 0 fully saturated rings. The van der Waals surface area contributed by atoms with Crippen LogP contribution in [0.1, 0.15) is 16.8 Å². The van der Waals surface area contributed by atoms with Crippen molar-refractivity contribution in [2.75, 3.05) is 0 Å². The van der Waals surface area contributed by atoms with E-state index in [0.717, 1.165) is 11.2 Å². The maximum Gasteiger partial charge on any atom is 0.0853 e. The van der Waals surface area contributed by atoms with Crippen LogP contribution in [-0.4, -0.2) is 10.1 Å². The maximum atomic E-state index is 9.01. The summed E-state index contributed by atoms with van der Waals surface area (Å²) < 4.78 is 0. The van der Waals surface area contributed by atoms with E-state index in [1.165, 1.54) is 16.5 Å². The van der Waals surface area contributed by atoms with E-state index < -0.39 is 0 Å². The minimum Gasteiger partial charge on any atom is -0.390 e. The SMILES string of the molecule is Cc1ccc2nc(CO)cc(C)c2c1. The van der Waals surface area contributed by atoms with Crippen molar-refractivity contribution in [2.45, 2.75) is 20.5 Å². The molecule has 0 aliphatic rings. The van der Waals surface area contributed by atoms with Gasteiger partial charge >= 0.3 is 0 Å². The van der Waals surface area contributed by atoms with Crippen LogP contribution in [0, 0.1) is 13.8 Å². The first-order valence-electron chi connectivity index (χ1n) is 4.68. The van der Waals surface area contributed by atoms with Gasteiger partial charge in [-0.05, 0) is 37.6 Å². The topological polar surface area (TPSA) is 33.1 Å². The van der Waals surface area contributed by atoms with Gasteiger partial charge in [-0.25, -0.2) is 0 Å². The molecule has 0 spiro atoms. The van der Waals surface area contributed by atoms with E-state index in [9.17, 15) is 0 Å². The number of aliphatic hydroxyl groups excluding tert-OH is 1. The Hall–Kier alpha value is -1.41. The molecule has 72 valence electrons. The summed E-state index contributed by atoms with van der Waals surface area (Å²) >= 11 is 0. The number of benzene rings is 1. The average molecular weight is 187 g/mol. The molecule has 1 aromatic heterocycles. The summed E-state index contributed by atoms with van der Waals surface area (Å²) in [6.45, 7) is 4.12. The van der Waals surface area contributed by atoms with Crippen LogP contribution in [0.5, 0.6) is 0 Å². The van der Waals surface area contributed by atoms with Crippen LogP contribution in [0.25, 0.3) is 10.9 Å². The summed E-state index contributed by atoms with van der Waals surface area (Å²) in [7, 11) is 0. The molecule has 0 atom stereocenters. The predicted octanol–water partition coefficient (Wildman–Crippen LogP) is 2.34. The molecule has 0 saturated carbocycles. The molecule has 1 heterocycles. The summed E-state index contributed by atoms with van der Waals surface area (Å²) in [5, 5.41) is 10.2. The Bertz CT molecular complexity index is 477. The van der Waals surface area contributed by atoms with Crippen molar-refractivity contribution in [2.24, 2.45) is 0 Å². The zero-order valence-electron chi connectivity index (χ0n) is 8.41. The molecule has 0 bridgehead atoms. The number of rotatable bonds is 1. The van der Waals surface area contributed by atoms with E-state index in [1.54, 1.807) is 0 Å². The van der Waals surface area contributed by atoms with E-state index in [2.05, 4.69) is 18.0 Å². The molecule has 0 amide bonds. The second-order valence-corrected chi connectivity index (χ2v) is 3.61. The van der Waals surface area contributed by atoms with Gasteiger partial charge in [0.2, 0.25) is 0 Å². The van der Waals surface area contributed by atoms with E-state index >= 15 is 0 Å². The average Bonchev–Trinajstić information content (AvgIpc) is 2.19. The first-order valence-corrected chi connectivity index (χ1v) is 4.68. The highest BCUT2D eigenvalue weighted by Gasteiger charge is 2.01. The molecular formula is C12H13NO. The number of pyridine rings is 1. The van der Waals surface area contributed by atoms with Gasteiger partial charge in [-0.15, -0.1) is 0 Å². The quantitative estimate of drug-likeness (QED) is 0.743. The highest BCUT2D eigenvalue weighted by atomic mass is 16.3. The second-order valence-electron chi connectivity index (χ2n) is 3.61. The van der Waals surface area contributed by atoms with Gasteiger partial charge in [0.05, 0.1) is 17.8 Å². The standard InChI is InChI=1S/C12H13NO/c1-8-3-4-12-11(5-8)9(2)6-10(7-14)13-12/h3-6,14H,7H2,1-2H3. The molecule has 0 aliphatic carbocycles. The van der Waals surface area contributed by atoms with Crippen molar-refractivity contribution in [3.05, 3.63) is 41.1 Å². The van der Waals surface area contributed by atoms with Gasteiger partial charge in [0, 0.05) is 5.39 Å². The van der Waals surface area contributed by atoms with Crippen LogP contribution in [0.15, 0.2) is 24.3 Å². The van der Waals surface area contributed by atoms with Gasteiger partial charge in [0.25, 0.3) is 0 Å². The largest absolute Gasteiger partial charge is 0.390 e. The van der Waals surface area contributed by atoms with Crippen LogP contribution >= 0.6 is 0 Å². The van der Waals surface area contributed by atoms with Crippen LogP contribution in [-0.2, 0) is 6.61 Å². The van der Waals surface area contributed by atoms with Crippen molar-refractivity contribution in [1.29, 1.82) is 0 Å². The molecule has 2 nitrogen and oxygen atoms in total. The third-order valence-electron chi connectivity index (χ3n) is 2.39. The molecule has 0 saturated heterocycles. The third-order valence-corrected chi connectivity index (χ3v) is 2.39. The molecule has 1 N–H and O–H groups in total. The normalized spacial score (nSPS) is 10.8. The Morgan fingerprint density at radius 3 is 2.71 bits per heavy atom. The number of aryl methyl sites for hydroxylation is 2. The molecule has 2 aromatic rings. The molecule has 1 aromatic carbocycles. The number of hydrogen-bond donors (Lipinski definition) is 1. The summed E-state index contributed by atoms with van der Waals surface area (Å²) in [4.78, 5) is 4.35. The van der Waals surface area contributed by atoms with Gasteiger partial charge in [0.1, 0.15) is 0 Å². The number of fused-ring (bicyclic) bond motifs is 1. The third kappa shape index (κ3) is 1.49. The van der Waals surface area contributed by atoms with Gasteiger partial charge in [-0.2, -0.15) is 0 Å². The highest BCUT2D eigenvalue weighted by molar-refractivity contribution is 5.82. The van der Waals surface area contributed by atoms with Crippen molar-refractivity contribution >= 4 is 10.9 Å². The fourth-order valence-electron chi connectivity index (χ4n) is 1.66. The number of nitrogens with zero attached hydrogens (tertiary/aromatic N) is 1. The Balaban J connectivity index is 2.76. The fourth-order valence-corrected chi connectivity index (χ4v) is 1.66. The summed E-state index contributed by atoms with van der Waals surface area (Å²) in [5.74, 6) is 0. The lowest BCUT2D eigenvalue weighted by atomic mass is 10.1. The maximum absolute atomic E-state index is 9.01. The lowest BCUT2D eigenvalue weighted by Crippen LogP contribution is -1.92. The van der Waals surface area contributed by atoms with E-state index in [0.29, 0.717) is 0 Å². The Kier molecular flexibility index (Phi) is 2.22. The zero-order valence-corrected chi connectivity index (χ0v) is 8.41. The van der Waals surface area contributed by atoms with Crippen molar-refractivity contribution < 1.29 is 5.11 Å². The molecular weight excluding hydrogens is 174 g/mol. The van der Waals surface area contributed by atoms with Crippen molar-refractivity contribution in [1.82, 2.24) is 4.98 Å². The summed E-state index contributed by atoms with van der Waals surface area (Å²) in [5.41, 5.74) is 4.10. The predicted molar refractivity (Wildman–Crippen MR) is 57.1 cm³/mol. The second kappa shape index (κ2) is 3.39. The van der Waals surface area contributed by atoms with Crippen LogP contribution in [0.4, 0.5) is 0 Å². The van der Waals surface area contributed by atoms with Gasteiger partial charge in [-0.1, -0.05) is 11.6 Å². The van der Waals surface area contributed by atoms with Gasteiger partial charge in [0.15, 0.2) is 0 Å². The summed E-state index contributed by atoms with van der Waals surface area (Å²) in [6, 6.07) is 8.09. The first-order chi connectivity index (χ1) is 6.70. The fraction of sp³-hybridized carbons (Fsp3) is 0.250. The van der Waals surface area contributed by atoms with E-state index in [1.807, 2.05) is 25.1 Å². The Labute approximate surface area is 83.2 Å². The molecule has 2 rings (SSSR count). The molecule has 0 aliphatic heterocycles. The Morgan fingerprint density at radius 1 is 1.21 bits per heavy atom. The lowest BCUT2D eigenvalue weighted by Gasteiger charge is -2.05. The van der Waals surface area contributed by atoms with E-state index in [-0.39, 0.29) is 6.61 Å². The minimum absolute atomic E-state index is 0.00462. The molecule has 2 heteroatoms. The Morgan fingerprint density at radius 2 is 2.00 bits per heavy atom. The lowest BCUT2D eigenvalue weighted by molar-refractivity contribution is 0.277. The van der Waals surface area contributed by atoms with Crippen molar-refractivity contribution in [3.8, 4) is 0 Å². The monoisotopic (exact) mass is 187 g/mol. The molecule has 14 heavy (non-hydrogen) atoms. The first kappa shape index (κ1) is 9.16. The van der Waals surface area contributed by atoms with Gasteiger partial charge < -0.3 is 5.11 Å². The number of aromatic nitrogens is 1. The van der Waals surface area contributed by atoms with Crippen LogP contribution in [0.2, 0.25) is 0 Å². The minimum atomic E-state index is 0.00462. The van der Waals surface area contributed by atoms with Crippen molar-refractivity contribution in [3.63, 3.8) is 0 Å². The number of aliphatic hydroxyl groups is 1. The molecule has 0 radical (unpaired) electrons. The smallest absolute Gasteiger partial charge is 0.0853 e. The highest BCUT2D eigenvalue weighted by Crippen LogP contribution is 2.19. The summed E-state index contributed by atoms with van der Waals surface area (Å²) in [6.07, 6.45) is 0. The zero-order chi connectivity index (χ0) is 10.1. The molecule has 0 unspecified atom stereocenters. The van der Waals surface area contributed by atoms with E-state index in [4.69, 9.17) is 5.11 Å². The number of hydrogen-bond acceptors (Lipinski definition) is 2.